The van der Waals surface area contributed by atoms with Crippen molar-refractivity contribution in [3.05, 3.63) is 60.2 Å². The summed E-state index contributed by atoms with van der Waals surface area (Å²) in [6, 6.07) is 16.1. The molecule has 1 N–H and O–H groups in total. The fourth-order valence-corrected chi connectivity index (χ4v) is 2.45. The summed E-state index contributed by atoms with van der Waals surface area (Å²) in [5, 5.41) is 0. The second-order valence-electron chi connectivity index (χ2n) is 3.71. The molecular weight excluding hydrogens is 234 g/mol. The van der Waals surface area contributed by atoms with E-state index in [1.54, 1.807) is 24.3 Å². The van der Waals surface area contributed by atoms with E-state index < -0.39 is 10.0 Å². The van der Waals surface area contributed by atoms with E-state index in [0.29, 0.717) is 5.69 Å². The zero-order valence-electron chi connectivity index (χ0n) is 9.34. The summed E-state index contributed by atoms with van der Waals surface area (Å²) in [6.07, 6.45) is 0. The quantitative estimate of drug-likeness (QED) is 0.904. The Morgan fingerprint density at radius 2 is 1.59 bits per heavy atom. The highest BCUT2D eigenvalue weighted by Crippen LogP contribution is 2.15. The monoisotopic (exact) mass is 246 g/mol. The smallest absolute Gasteiger partial charge is 0.261 e. The van der Waals surface area contributed by atoms with Gasteiger partial charge < -0.3 is 0 Å². The van der Waals surface area contributed by atoms with Gasteiger partial charge in [0, 0.05) is 5.69 Å². The van der Waals surface area contributed by atoms with Crippen LogP contribution >= 0.6 is 0 Å². The van der Waals surface area contributed by atoms with Crippen molar-refractivity contribution in [1.82, 2.24) is 0 Å². The third kappa shape index (κ3) is 2.85. The van der Waals surface area contributed by atoms with E-state index in [1.807, 2.05) is 19.1 Å². The van der Waals surface area contributed by atoms with Gasteiger partial charge in [-0.1, -0.05) is 29.8 Å². The van der Waals surface area contributed by atoms with Crippen LogP contribution in [-0.4, -0.2) is 8.42 Å². The van der Waals surface area contributed by atoms with Crippen LogP contribution in [0.25, 0.3) is 0 Å². The molecule has 3 nitrogen and oxygen atoms in total. The molecule has 0 aliphatic rings. The molecule has 1 radical (unpaired) electrons. The summed E-state index contributed by atoms with van der Waals surface area (Å²) in [5.74, 6) is 0. The second-order valence-corrected chi connectivity index (χ2v) is 5.39. The number of rotatable bonds is 3. The van der Waals surface area contributed by atoms with Gasteiger partial charge >= 0.3 is 0 Å². The van der Waals surface area contributed by atoms with Gasteiger partial charge in [0.05, 0.1) is 4.90 Å². The normalized spacial score (nSPS) is 11.1. The first kappa shape index (κ1) is 11.7. The molecule has 2 aromatic rings. The SMILES string of the molecule is Cc1ccc(NS(=O)(=O)c2cc[c]cc2)cc1. The van der Waals surface area contributed by atoms with E-state index in [-0.39, 0.29) is 4.90 Å². The molecule has 17 heavy (non-hydrogen) atoms. The van der Waals surface area contributed by atoms with Gasteiger partial charge in [-0.2, -0.15) is 0 Å². The molecule has 2 rings (SSSR count). The molecule has 0 aliphatic carbocycles. The van der Waals surface area contributed by atoms with Crippen LogP contribution in [0.4, 0.5) is 5.69 Å². The summed E-state index contributed by atoms with van der Waals surface area (Å²) in [6.45, 7) is 1.95. The summed E-state index contributed by atoms with van der Waals surface area (Å²) in [5.41, 5.74) is 1.64. The van der Waals surface area contributed by atoms with Crippen molar-refractivity contribution < 1.29 is 8.42 Å². The molecule has 0 saturated carbocycles. The lowest BCUT2D eigenvalue weighted by molar-refractivity contribution is 0.601. The van der Waals surface area contributed by atoms with Crippen molar-refractivity contribution in [2.24, 2.45) is 0 Å². The standard InChI is InChI=1S/C13H12NO2S/c1-11-7-9-12(10-8-11)14-17(15,16)13-5-3-2-4-6-13/h3-10,14H,1H3. The Bertz CT molecular complexity index is 589. The molecule has 0 atom stereocenters. The van der Waals surface area contributed by atoms with Gasteiger partial charge in [0.15, 0.2) is 0 Å². The molecule has 0 aromatic heterocycles. The topological polar surface area (TPSA) is 46.2 Å². The maximum absolute atomic E-state index is 12.0. The Kier molecular flexibility index (Phi) is 3.15. The van der Waals surface area contributed by atoms with Crippen LogP contribution < -0.4 is 4.72 Å². The highest BCUT2D eigenvalue weighted by molar-refractivity contribution is 7.92. The van der Waals surface area contributed by atoms with Crippen molar-refractivity contribution in [1.29, 1.82) is 0 Å². The van der Waals surface area contributed by atoms with Crippen LogP contribution in [0.1, 0.15) is 5.56 Å². The molecule has 0 aliphatic heterocycles. The fourth-order valence-electron chi connectivity index (χ4n) is 1.39. The molecule has 0 heterocycles. The first-order chi connectivity index (χ1) is 8.08. The highest BCUT2D eigenvalue weighted by Gasteiger charge is 2.12. The van der Waals surface area contributed by atoms with Crippen LogP contribution in [0.3, 0.4) is 0 Å². The number of aryl methyl sites for hydroxylation is 1. The lowest BCUT2D eigenvalue weighted by Gasteiger charge is -2.07. The fraction of sp³-hybridized carbons (Fsp3) is 0.0769. The summed E-state index contributed by atoms with van der Waals surface area (Å²) in [7, 11) is -3.50. The van der Waals surface area contributed by atoms with Crippen LogP contribution in [0.15, 0.2) is 53.4 Å². The van der Waals surface area contributed by atoms with Gasteiger partial charge in [0.1, 0.15) is 0 Å². The molecule has 4 heteroatoms. The number of benzene rings is 2. The summed E-state index contributed by atoms with van der Waals surface area (Å²) >= 11 is 0. The molecule has 0 bridgehead atoms. The zero-order valence-corrected chi connectivity index (χ0v) is 10.2. The molecule has 0 spiro atoms. The van der Waals surface area contributed by atoms with E-state index in [2.05, 4.69) is 10.8 Å². The number of hydrogen-bond donors (Lipinski definition) is 1. The maximum atomic E-state index is 12.0. The van der Waals surface area contributed by atoms with E-state index >= 15 is 0 Å². The second kappa shape index (κ2) is 4.59. The van der Waals surface area contributed by atoms with Crippen molar-refractivity contribution in [3.63, 3.8) is 0 Å². The maximum Gasteiger partial charge on any atom is 0.261 e. The molecule has 2 aromatic carbocycles. The van der Waals surface area contributed by atoms with Crippen molar-refractivity contribution >= 4 is 15.7 Å². The van der Waals surface area contributed by atoms with Crippen LogP contribution in [0.5, 0.6) is 0 Å². The summed E-state index contributed by atoms with van der Waals surface area (Å²) < 4.78 is 26.4. The number of sulfonamides is 1. The first-order valence-corrected chi connectivity index (χ1v) is 6.62. The van der Waals surface area contributed by atoms with Crippen LogP contribution in [-0.2, 0) is 10.0 Å². The average Bonchev–Trinajstić information content (AvgIpc) is 2.33. The zero-order chi connectivity index (χ0) is 12.3. The highest BCUT2D eigenvalue weighted by atomic mass is 32.2. The molecule has 87 valence electrons. The molecule has 0 amide bonds. The van der Waals surface area contributed by atoms with Crippen molar-refractivity contribution in [2.75, 3.05) is 4.72 Å². The predicted molar refractivity (Wildman–Crippen MR) is 67.3 cm³/mol. The lowest BCUT2D eigenvalue weighted by atomic mass is 10.2. The van der Waals surface area contributed by atoms with Crippen LogP contribution in [0, 0.1) is 13.0 Å². The third-order valence-corrected chi connectivity index (χ3v) is 3.70. The van der Waals surface area contributed by atoms with Gasteiger partial charge in [-0.25, -0.2) is 8.42 Å². The minimum absolute atomic E-state index is 0.233. The van der Waals surface area contributed by atoms with Gasteiger partial charge in [-0.05, 0) is 37.3 Å². The Labute approximate surface area is 101 Å². The number of hydrogen-bond acceptors (Lipinski definition) is 2. The van der Waals surface area contributed by atoms with E-state index in [9.17, 15) is 8.42 Å². The van der Waals surface area contributed by atoms with E-state index in [1.165, 1.54) is 12.1 Å². The first-order valence-electron chi connectivity index (χ1n) is 5.13. The molecule has 0 fully saturated rings. The third-order valence-electron chi connectivity index (χ3n) is 2.30. The summed E-state index contributed by atoms with van der Waals surface area (Å²) in [4.78, 5) is 0.233. The van der Waals surface area contributed by atoms with Crippen molar-refractivity contribution in [3.8, 4) is 0 Å². The Morgan fingerprint density at radius 1 is 1.00 bits per heavy atom. The van der Waals surface area contributed by atoms with Gasteiger partial charge in [0.25, 0.3) is 10.0 Å². The Hall–Kier alpha value is -1.81. The Balaban J connectivity index is 2.27. The van der Waals surface area contributed by atoms with Gasteiger partial charge in [-0.3, -0.25) is 4.72 Å². The minimum Gasteiger partial charge on any atom is -0.280 e. The molecular formula is C13H12NO2S. The van der Waals surface area contributed by atoms with Crippen molar-refractivity contribution in [2.45, 2.75) is 11.8 Å². The predicted octanol–water partition coefficient (Wildman–Crippen LogP) is 2.60. The number of anilines is 1. The van der Waals surface area contributed by atoms with E-state index in [4.69, 9.17) is 0 Å². The van der Waals surface area contributed by atoms with Crippen LogP contribution in [0.2, 0.25) is 0 Å². The Morgan fingerprint density at radius 3 is 2.18 bits per heavy atom. The lowest BCUT2D eigenvalue weighted by Crippen LogP contribution is -2.12. The van der Waals surface area contributed by atoms with E-state index in [0.717, 1.165) is 5.56 Å². The minimum atomic E-state index is -3.50. The molecule has 0 saturated heterocycles. The average molecular weight is 246 g/mol. The van der Waals surface area contributed by atoms with Gasteiger partial charge in [0.2, 0.25) is 0 Å². The largest absolute Gasteiger partial charge is 0.280 e. The van der Waals surface area contributed by atoms with Gasteiger partial charge in [-0.15, -0.1) is 0 Å². The number of nitrogens with one attached hydrogen (secondary N) is 1. The molecule has 0 unspecified atom stereocenters.